The van der Waals surface area contributed by atoms with Crippen LogP contribution in [0.1, 0.15) is 54.6 Å². The summed E-state index contributed by atoms with van der Waals surface area (Å²) in [6.07, 6.45) is 3.07. The van der Waals surface area contributed by atoms with Crippen molar-refractivity contribution in [3.63, 3.8) is 0 Å². The zero-order valence-corrected chi connectivity index (χ0v) is 22.6. The summed E-state index contributed by atoms with van der Waals surface area (Å²) < 4.78 is 16.3. The minimum atomic E-state index is -0.223. The fourth-order valence-electron chi connectivity index (χ4n) is 5.02. The van der Waals surface area contributed by atoms with Gasteiger partial charge in [-0.3, -0.25) is 4.90 Å². The Morgan fingerprint density at radius 3 is 2.43 bits per heavy atom. The molecule has 5 nitrogen and oxygen atoms in total. The van der Waals surface area contributed by atoms with Crippen molar-refractivity contribution in [3.8, 4) is 5.69 Å². The van der Waals surface area contributed by atoms with Crippen molar-refractivity contribution in [1.82, 2.24) is 19.6 Å². The van der Waals surface area contributed by atoms with E-state index in [1.807, 2.05) is 22.1 Å². The molecule has 35 heavy (non-hydrogen) atoms. The Hall–Kier alpha value is -2.22. The summed E-state index contributed by atoms with van der Waals surface area (Å²) in [5.41, 5.74) is 3.26. The van der Waals surface area contributed by atoms with Gasteiger partial charge in [0, 0.05) is 54.6 Å². The number of piperazine rings is 1. The summed E-state index contributed by atoms with van der Waals surface area (Å²) in [5.74, 6) is 0.928. The van der Waals surface area contributed by atoms with Crippen LogP contribution in [0.2, 0.25) is 0 Å². The number of rotatable bonds is 11. The van der Waals surface area contributed by atoms with Gasteiger partial charge in [0.25, 0.3) is 0 Å². The Labute approximate surface area is 214 Å². The molecule has 7 heteroatoms. The van der Waals surface area contributed by atoms with Gasteiger partial charge in [-0.05, 0) is 63.2 Å². The van der Waals surface area contributed by atoms with Crippen LogP contribution in [0.25, 0.3) is 5.69 Å². The number of hydrogen-bond acceptors (Lipinski definition) is 5. The number of aryl methyl sites for hydroxylation is 2. The van der Waals surface area contributed by atoms with E-state index in [9.17, 15) is 4.39 Å². The molecule has 0 amide bonds. The molecule has 0 atom stereocenters. The number of likely N-dealkylation sites (N-methyl/N-ethyl adjacent to an activating group) is 1. The predicted octanol–water partition coefficient (Wildman–Crippen LogP) is 5.89. The third-order valence-corrected chi connectivity index (χ3v) is 7.78. The molecule has 0 spiro atoms. The van der Waals surface area contributed by atoms with Gasteiger partial charge in [-0.1, -0.05) is 33.3 Å². The van der Waals surface area contributed by atoms with E-state index in [1.54, 1.807) is 12.1 Å². The molecule has 0 bridgehead atoms. The number of halogens is 1. The maximum atomic E-state index is 14.3. The van der Waals surface area contributed by atoms with Crippen LogP contribution in [-0.4, -0.2) is 58.8 Å². The highest BCUT2D eigenvalue weighted by atomic mass is 32.1. The SMILES string of the molecule is CCCc1nn(-c2cccc(F)c2)c(N2CCN(CC)CC2)c1CN(CCC)Cc1ccc(C)s1. The Kier molecular flexibility index (Phi) is 8.98. The normalized spacial score (nSPS) is 14.9. The van der Waals surface area contributed by atoms with Gasteiger partial charge in [0.05, 0.1) is 11.4 Å². The highest BCUT2D eigenvalue weighted by molar-refractivity contribution is 7.11. The molecular formula is C28H40FN5S. The van der Waals surface area contributed by atoms with Crippen LogP contribution in [0.15, 0.2) is 36.4 Å². The van der Waals surface area contributed by atoms with Crippen molar-refractivity contribution in [3.05, 3.63) is 63.2 Å². The first-order chi connectivity index (χ1) is 17.0. The van der Waals surface area contributed by atoms with Gasteiger partial charge in [-0.2, -0.15) is 5.10 Å². The predicted molar refractivity (Wildman–Crippen MR) is 145 cm³/mol. The molecule has 0 radical (unpaired) electrons. The second-order valence-corrected chi connectivity index (χ2v) is 10.9. The summed E-state index contributed by atoms with van der Waals surface area (Å²) in [6.45, 7) is 16.8. The lowest BCUT2D eigenvalue weighted by Crippen LogP contribution is -2.47. The average Bonchev–Trinajstić information content (AvgIpc) is 3.42. The van der Waals surface area contributed by atoms with E-state index in [4.69, 9.17) is 5.10 Å². The summed E-state index contributed by atoms with van der Waals surface area (Å²) in [7, 11) is 0. The fourth-order valence-corrected chi connectivity index (χ4v) is 5.95. The third-order valence-electron chi connectivity index (χ3n) is 6.80. The van der Waals surface area contributed by atoms with E-state index < -0.39 is 0 Å². The number of hydrogen-bond donors (Lipinski definition) is 0. The summed E-state index contributed by atoms with van der Waals surface area (Å²) >= 11 is 1.89. The van der Waals surface area contributed by atoms with E-state index in [1.165, 1.54) is 21.4 Å². The van der Waals surface area contributed by atoms with Crippen molar-refractivity contribution in [2.24, 2.45) is 0 Å². The minimum Gasteiger partial charge on any atom is -0.354 e. The molecule has 1 aliphatic heterocycles. The lowest BCUT2D eigenvalue weighted by atomic mass is 10.1. The van der Waals surface area contributed by atoms with Crippen LogP contribution in [0, 0.1) is 12.7 Å². The summed E-state index contributed by atoms with van der Waals surface area (Å²) in [4.78, 5) is 10.3. The van der Waals surface area contributed by atoms with Crippen LogP contribution in [0.4, 0.5) is 10.2 Å². The van der Waals surface area contributed by atoms with Crippen molar-refractivity contribution in [2.75, 3.05) is 44.2 Å². The van der Waals surface area contributed by atoms with Crippen molar-refractivity contribution < 1.29 is 4.39 Å². The Morgan fingerprint density at radius 2 is 1.80 bits per heavy atom. The number of aromatic nitrogens is 2. The minimum absolute atomic E-state index is 0.223. The van der Waals surface area contributed by atoms with Gasteiger partial charge in [-0.25, -0.2) is 9.07 Å². The van der Waals surface area contributed by atoms with Gasteiger partial charge in [0.15, 0.2) is 0 Å². The van der Waals surface area contributed by atoms with E-state index >= 15 is 0 Å². The smallest absolute Gasteiger partial charge is 0.137 e. The van der Waals surface area contributed by atoms with Crippen LogP contribution in [-0.2, 0) is 19.5 Å². The third kappa shape index (κ3) is 6.32. The standard InChI is InChI=1S/C28H40FN5S/c1-5-9-27-26(21-32(14-6-2)20-25-13-12-22(4)35-25)28(33-17-15-31(7-3)16-18-33)34(30-27)24-11-8-10-23(29)19-24/h8,10-13,19H,5-7,9,14-18,20-21H2,1-4H3. The number of nitrogens with zero attached hydrogens (tertiary/aromatic N) is 5. The van der Waals surface area contributed by atoms with Crippen LogP contribution >= 0.6 is 11.3 Å². The van der Waals surface area contributed by atoms with Gasteiger partial charge < -0.3 is 9.80 Å². The molecule has 1 saturated heterocycles. The van der Waals surface area contributed by atoms with E-state index in [0.717, 1.165) is 88.8 Å². The fraction of sp³-hybridized carbons (Fsp3) is 0.536. The van der Waals surface area contributed by atoms with E-state index in [0.29, 0.717) is 0 Å². The van der Waals surface area contributed by atoms with Gasteiger partial charge in [0.1, 0.15) is 11.6 Å². The Balaban J connectivity index is 1.75. The number of thiophene rings is 1. The van der Waals surface area contributed by atoms with Gasteiger partial charge >= 0.3 is 0 Å². The van der Waals surface area contributed by atoms with E-state index in [-0.39, 0.29) is 5.82 Å². The van der Waals surface area contributed by atoms with Gasteiger partial charge in [0.2, 0.25) is 0 Å². The second-order valence-electron chi connectivity index (χ2n) is 9.53. The lowest BCUT2D eigenvalue weighted by Gasteiger charge is -2.36. The summed E-state index contributed by atoms with van der Waals surface area (Å²) in [6, 6.07) is 11.3. The van der Waals surface area contributed by atoms with E-state index in [2.05, 4.69) is 54.5 Å². The molecule has 190 valence electrons. The molecule has 4 rings (SSSR count). The zero-order chi connectivity index (χ0) is 24.8. The average molecular weight is 498 g/mol. The van der Waals surface area contributed by atoms with Crippen molar-refractivity contribution >= 4 is 17.2 Å². The maximum Gasteiger partial charge on any atom is 0.137 e. The molecular weight excluding hydrogens is 457 g/mol. The topological polar surface area (TPSA) is 27.5 Å². The first-order valence-electron chi connectivity index (χ1n) is 13.1. The second kappa shape index (κ2) is 12.2. The number of anilines is 1. The summed E-state index contributed by atoms with van der Waals surface area (Å²) in [5, 5.41) is 5.12. The maximum absolute atomic E-state index is 14.3. The Morgan fingerprint density at radius 1 is 1.00 bits per heavy atom. The van der Waals surface area contributed by atoms with Crippen LogP contribution in [0.5, 0.6) is 0 Å². The molecule has 1 fully saturated rings. The molecule has 2 aromatic heterocycles. The molecule has 3 aromatic rings. The molecule has 0 N–H and O–H groups in total. The molecule has 0 aliphatic carbocycles. The molecule has 0 unspecified atom stereocenters. The van der Waals surface area contributed by atoms with Crippen LogP contribution in [0.3, 0.4) is 0 Å². The number of benzene rings is 1. The molecule has 3 heterocycles. The molecule has 0 saturated carbocycles. The van der Waals surface area contributed by atoms with Gasteiger partial charge in [-0.15, -0.1) is 11.3 Å². The van der Waals surface area contributed by atoms with Crippen LogP contribution < -0.4 is 4.90 Å². The quantitative estimate of drug-likeness (QED) is 0.330. The largest absolute Gasteiger partial charge is 0.354 e. The zero-order valence-electron chi connectivity index (χ0n) is 21.8. The Bertz CT molecular complexity index is 1080. The monoisotopic (exact) mass is 497 g/mol. The van der Waals surface area contributed by atoms with Crippen molar-refractivity contribution in [1.29, 1.82) is 0 Å². The van der Waals surface area contributed by atoms with Crippen molar-refractivity contribution in [2.45, 2.75) is 60.0 Å². The lowest BCUT2D eigenvalue weighted by molar-refractivity contribution is 0.256. The highest BCUT2D eigenvalue weighted by Gasteiger charge is 2.27. The highest BCUT2D eigenvalue weighted by Crippen LogP contribution is 2.32. The molecule has 1 aliphatic rings. The molecule has 1 aromatic carbocycles. The first kappa shape index (κ1) is 25.9. The first-order valence-corrected chi connectivity index (χ1v) is 14.0.